The van der Waals surface area contributed by atoms with Crippen LogP contribution >= 0.6 is 0 Å². The number of fused-ring (bicyclic) bond motifs is 1. The molecule has 1 aromatic carbocycles. The van der Waals surface area contributed by atoms with E-state index in [1.165, 1.54) is 0 Å². The van der Waals surface area contributed by atoms with E-state index >= 15 is 0 Å². The number of rotatable bonds is 2. The van der Waals surface area contributed by atoms with Crippen molar-refractivity contribution < 1.29 is 4.79 Å². The molecule has 1 amide bonds. The smallest absolute Gasteiger partial charge is 0.256 e. The van der Waals surface area contributed by atoms with Crippen molar-refractivity contribution in [1.82, 2.24) is 25.3 Å². The van der Waals surface area contributed by atoms with Crippen molar-refractivity contribution in [2.24, 2.45) is 0 Å². The predicted molar refractivity (Wildman–Crippen MR) is 89.6 cm³/mol. The topological polar surface area (TPSA) is 64.3 Å². The molecule has 2 aliphatic heterocycles. The molecule has 23 heavy (non-hydrogen) atoms. The summed E-state index contributed by atoms with van der Waals surface area (Å²) in [4.78, 5) is 17.5. The fourth-order valence-electron chi connectivity index (χ4n) is 3.82. The van der Waals surface area contributed by atoms with Crippen LogP contribution in [0.1, 0.15) is 22.3 Å². The number of aryl methyl sites for hydroxylation is 1. The number of carbonyl (C=O) groups is 1. The van der Waals surface area contributed by atoms with Gasteiger partial charge >= 0.3 is 0 Å². The van der Waals surface area contributed by atoms with Crippen LogP contribution in [0, 0.1) is 6.92 Å². The summed E-state index contributed by atoms with van der Waals surface area (Å²) >= 11 is 0. The molecule has 0 aliphatic carbocycles. The molecule has 4 rings (SSSR count). The Morgan fingerprint density at radius 1 is 1.26 bits per heavy atom. The second kappa shape index (κ2) is 5.94. The van der Waals surface area contributed by atoms with Gasteiger partial charge in [-0.15, -0.1) is 0 Å². The van der Waals surface area contributed by atoms with E-state index in [-0.39, 0.29) is 5.91 Å². The SMILES string of the molecule is Cc1cc(C(=O)N2CCC(N3CCNCC3)C2)c2[nH]ncc2c1. The maximum Gasteiger partial charge on any atom is 0.256 e. The van der Waals surface area contributed by atoms with Gasteiger partial charge in [0.2, 0.25) is 0 Å². The molecule has 1 aromatic heterocycles. The van der Waals surface area contributed by atoms with Gasteiger partial charge in [0.1, 0.15) is 0 Å². The number of piperazine rings is 1. The molecule has 0 bridgehead atoms. The van der Waals surface area contributed by atoms with Crippen molar-refractivity contribution >= 4 is 16.8 Å². The van der Waals surface area contributed by atoms with Crippen molar-refractivity contribution in [1.29, 1.82) is 0 Å². The third kappa shape index (κ3) is 2.72. The van der Waals surface area contributed by atoms with E-state index in [0.29, 0.717) is 6.04 Å². The second-order valence-corrected chi connectivity index (χ2v) is 6.63. The highest BCUT2D eigenvalue weighted by Gasteiger charge is 2.32. The normalized spacial score (nSPS) is 22.8. The van der Waals surface area contributed by atoms with Crippen LogP contribution in [0.15, 0.2) is 18.3 Å². The van der Waals surface area contributed by atoms with Gasteiger partial charge in [-0.05, 0) is 31.0 Å². The highest BCUT2D eigenvalue weighted by molar-refractivity contribution is 6.05. The zero-order chi connectivity index (χ0) is 15.8. The summed E-state index contributed by atoms with van der Waals surface area (Å²) in [5, 5.41) is 11.5. The molecule has 0 spiro atoms. The minimum Gasteiger partial charge on any atom is -0.337 e. The van der Waals surface area contributed by atoms with E-state index in [0.717, 1.165) is 67.7 Å². The Morgan fingerprint density at radius 2 is 2.09 bits per heavy atom. The fraction of sp³-hybridized carbons (Fsp3) is 0.529. The van der Waals surface area contributed by atoms with Gasteiger partial charge in [-0.3, -0.25) is 14.8 Å². The largest absolute Gasteiger partial charge is 0.337 e. The quantitative estimate of drug-likeness (QED) is 0.868. The Balaban J connectivity index is 1.54. The molecule has 0 saturated carbocycles. The average molecular weight is 313 g/mol. The minimum absolute atomic E-state index is 0.126. The van der Waals surface area contributed by atoms with Gasteiger partial charge in [-0.25, -0.2) is 0 Å². The number of carbonyl (C=O) groups excluding carboxylic acids is 1. The summed E-state index contributed by atoms with van der Waals surface area (Å²) in [5.74, 6) is 0.126. The van der Waals surface area contributed by atoms with E-state index in [4.69, 9.17) is 0 Å². The second-order valence-electron chi connectivity index (χ2n) is 6.63. The third-order valence-electron chi connectivity index (χ3n) is 5.04. The molecule has 2 aliphatic rings. The average Bonchev–Trinajstić information content (AvgIpc) is 3.23. The number of hydrogen-bond acceptors (Lipinski definition) is 4. The molecule has 2 aromatic rings. The monoisotopic (exact) mass is 313 g/mol. The number of aromatic amines is 1. The summed E-state index contributed by atoms with van der Waals surface area (Å²) in [6.07, 6.45) is 2.86. The van der Waals surface area contributed by atoms with E-state index in [2.05, 4.69) is 26.5 Å². The van der Waals surface area contributed by atoms with Gasteiger partial charge in [0.25, 0.3) is 5.91 Å². The summed E-state index contributed by atoms with van der Waals surface area (Å²) in [6.45, 7) is 7.98. The van der Waals surface area contributed by atoms with E-state index < -0.39 is 0 Å². The zero-order valence-electron chi connectivity index (χ0n) is 13.5. The molecule has 2 fully saturated rings. The number of amides is 1. The molecular weight excluding hydrogens is 290 g/mol. The van der Waals surface area contributed by atoms with Crippen molar-refractivity contribution in [2.45, 2.75) is 19.4 Å². The molecule has 3 heterocycles. The Kier molecular flexibility index (Phi) is 3.79. The van der Waals surface area contributed by atoms with Crippen LogP contribution in [0.25, 0.3) is 10.9 Å². The highest BCUT2D eigenvalue weighted by atomic mass is 16.2. The molecule has 1 atom stereocenters. The maximum absolute atomic E-state index is 13.0. The first-order valence-electron chi connectivity index (χ1n) is 8.40. The molecule has 0 radical (unpaired) electrons. The van der Waals surface area contributed by atoms with Crippen molar-refractivity contribution in [3.63, 3.8) is 0 Å². The summed E-state index contributed by atoms with van der Waals surface area (Å²) in [7, 11) is 0. The van der Waals surface area contributed by atoms with E-state index in [9.17, 15) is 4.79 Å². The van der Waals surface area contributed by atoms with Gasteiger partial charge in [0.15, 0.2) is 0 Å². The van der Waals surface area contributed by atoms with Crippen LogP contribution in [-0.4, -0.2) is 71.2 Å². The lowest BCUT2D eigenvalue weighted by molar-refractivity contribution is 0.0775. The number of aromatic nitrogens is 2. The molecule has 1 unspecified atom stereocenters. The van der Waals surface area contributed by atoms with Crippen molar-refractivity contribution in [2.75, 3.05) is 39.3 Å². The zero-order valence-corrected chi connectivity index (χ0v) is 13.5. The number of nitrogens with one attached hydrogen (secondary N) is 2. The van der Waals surface area contributed by atoms with Gasteiger partial charge in [-0.2, -0.15) is 5.10 Å². The maximum atomic E-state index is 13.0. The van der Waals surface area contributed by atoms with Crippen LogP contribution in [0.2, 0.25) is 0 Å². The van der Waals surface area contributed by atoms with E-state index in [1.807, 2.05) is 17.9 Å². The molecule has 122 valence electrons. The van der Waals surface area contributed by atoms with Gasteiger partial charge in [0.05, 0.1) is 17.3 Å². The molecule has 2 saturated heterocycles. The molecular formula is C17H23N5O. The van der Waals surface area contributed by atoms with Crippen LogP contribution in [0.4, 0.5) is 0 Å². The lowest BCUT2D eigenvalue weighted by Crippen LogP contribution is -2.49. The van der Waals surface area contributed by atoms with Gasteiger partial charge < -0.3 is 10.2 Å². The fourth-order valence-corrected chi connectivity index (χ4v) is 3.82. The van der Waals surface area contributed by atoms with Crippen LogP contribution in [-0.2, 0) is 0 Å². The van der Waals surface area contributed by atoms with Crippen molar-refractivity contribution in [3.8, 4) is 0 Å². The number of nitrogens with zero attached hydrogens (tertiary/aromatic N) is 3. The molecule has 2 N–H and O–H groups in total. The minimum atomic E-state index is 0.126. The summed E-state index contributed by atoms with van der Waals surface area (Å²) < 4.78 is 0. The lowest BCUT2D eigenvalue weighted by atomic mass is 10.1. The molecule has 6 nitrogen and oxygen atoms in total. The van der Waals surface area contributed by atoms with Crippen LogP contribution < -0.4 is 5.32 Å². The number of hydrogen-bond donors (Lipinski definition) is 2. The van der Waals surface area contributed by atoms with Gasteiger partial charge in [0, 0.05) is 50.7 Å². The highest BCUT2D eigenvalue weighted by Crippen LogP contribution is 2.23. The van der Waals surface area contributed by atoms with E-state index in [1.54, 1.807) is 6.20 Å². The third-order valence-corrected chi connectivity index (χ3v) is 5.04. The number of H-pyrrole nitrogens is 1. The van der Waals surface area contributed by atoms with Crippen LogP contribution in [0.3, 0.4) is 0 Å². The lowest BCUT2D eigenvalue weighted by Gasteiger charge is -2.32. The Bertz CT molecular complexity index is 719. The number of likely N-dealkylation sites (tertiary alicyclic amines) is 1. The first-order chi connectivity index (χ1) is 11.2. The summed E-state index contributed by atoms with van der Waals surface area (Å²) in [6, 6.07) is 4.53. The Morgan fingerprint density at radius 3 is 2.91 bits per heavy atom. The van der Waals surface area contributed by atoms with Crippen LogP contribution in [0.5, 0.6) is 0 Å². The van der Waals surface area contributed by atoms with Gasteiger partial charge in [-0.1, -0.05) is 0 Å². The standard InChI is InChI=1S/C17H23N5O/c1-12-8-13-10-19-20-16(13)15(9-12)17(23)22-5-2-14(11-22)21-6-3-18-4-7-21/h8-10,14,18H,2-7,11H2,1H3,(H,19,20). The Labute approximate surface area is 135 Å². The summed E-state index contributed by atoms with van der Waals surface area (Å²) in [5.41, 5.74) is 2.70. The first-order valence-corrected chi connectivity index (χ1v) is 8.40. The predicted octanol–water partition coefficient (Wildman–Crippen LogP) is 0.991. The Hall–Kier alpha value is -1.92. The molecule has 6 heteroatoms. The van der Waals surface area contributed by atoms with Crippen molar-refractivity contribution in [3.05, 3.63) is 29.5 Å². The first kappa shape index (κ1) is 14.7. The number of benzene rings is 1.